The minimum Gasteiger partial charge on any atom is -0.375 e. The van der Waals surface area contributed by atoms with E-state index in [4.69, 9.17) is 4.74 Å². The zero-order valence-corrected chi connectivity index (χ0v) is 9.36. The zero-order chi connectivity index (χ0) is 10.5. The Morgan fingerprint density at radius 1 is 1.13 bits per heavy atom. The van der Waals surface area contributed by atoms with Crippen molar-refractivity contribution in [2.45, 2.75) is 37.8 Å². The summed E-state index contributed by atoms with van der Waals surface area (Å²) in [7, 11) is 1.84. The molecule has 1 aliphatic carbocycles. The van der Waals surface area contributed by atoms with Crippen LogP contribution in [0, 0.1) is 0 Å². The molecular formula is C13H20NO+. The van der Waals surface area contributed by atoms with Crippen LogP contribution in [0.15, 0.2) is 30.3 Å². The molecule has 0 aromatic heterocycles. The molecule has 1 saturated carbocycles. The van der Waals surface area contributed by atoms with Gasteiger partial charge in [-0.3, -0.25) is 0 Å². The van der Waals surface area contributed by atoms with Crippen molar-refractivity contribution in [3.63, 3.8) is 0 Å². The molecule has 1 aromatic carbocycles. The molecule has 0 heterocycles. The van der Waals surface area contributed by atoms with Gasteiger partial charge in [-0.05, 0) is 25.0 Å². The molecule has 15 heavy (non-hydrogen) atoms. The van der Waals surface area contributed by atoms with Gasteiger partial charge in [0.25, 0.3) is 0 Å². The summed E-state index contributed by atoms with van der Waals surface area (Å²) in [6, 6.07) is 11.2. The third-order valence-corrected chi connectivity index (χ3v) is 3.26. The Bertz CT molecular complexity index is 286. The quantitative estimate of drug-likeness (QED) is 0.750. The van der Waals surface area contributed by atoms with Gasteiger partial charge in [0, 0.05) is 13.5 Å². The standard InChI is InChI=1S/C13H19NO/c1-15-13-10-6-5-9-12(13)14-11-7-3-2-4-8-11/h2-4,7-8,12-14H,5-6,9-10H2,1H3/p+1/t12-,13+/m0/s1. The topological polar surface area (TPSA) is 25.8 Å². The fourth-order valence-electron chi connectivity index (χ4n) is 2.42. The average Bonchev–Trinajstić information content (AvgIpc) is 2.31. The number of nitrogens with two attached hydrogens (primary N) is 1. The van der Waals surface area contributed by atoms with E-state index >= 15 is 0 Å². The highest BCUT2D eigenvalue weighted by molar-refractivity contribution is 5.27. The Labute approximate surface area is 91.6 Å². The normalized spacial score (nSPS) is 26.5. The molecule has 2 rings (SSSR count). The molecule has 2 nitrogen and oxygen atoms in total. The number of benzene rings is 1. The maximum atomic E-state index is 5.54. The number of hydrogen-bond acceptors (Lipinski definition) is 1. The summed E-state index contributed by atoms with van der Waals surface area (Å²) in [5, 5.41) is 2.37. The second kappa shape index (κ2) is 5.29. The van der Waals surface area contributed by atoms with E-state index in [-0.39, 0.29) is 0 Å². The molecule has 0 saturated heterocycles. The molecule has 2 N–H and O–H groups in total. The molecule has 2 heteroatoms. The number of methoxy groups -OCH3 is 1. The highest BCUT2D eigenvalue weighted by atomic mass is 16.5. The Hall–Kier alpha value is -0.860. The van der Waals surface area contributed by atoms with Crippen LogP contribution in [-0.2, 0) is 4.74 Å². The molecule has 0 aliphatic heterocycles. The first-order valence-corrected chi connectivity index (χ1v) is 5.83. The number of ether oxygens (including phenoxy) is 1. The van der Waals surface area contributed by atoms with Crippen LogP contribution in [-0.4, -0.2) is 19.3 Å². The van der Waals surface area contributed by atoms with Gasteiger partial charge in [-0.15, -0.1) is 0 Å². The summed E-state index contributed by atoms with van der Waals surface area (Å²) in [6.07, 6.45) is 5.57. The van der Waals surface area contributed by atoms with E-state index in [1.807, 2.05) is 7.11 Å². The lowest BCUT2D eigenvalue weighted by Crippen LogP contribution is -2.87. The highest BCUT2D eigenvalue weighted by Crippen LogP contribution is 2.19. The number of para-hydroxylation sites is 1. The van der Waals surface area contributed by atoms with Crippen molar-refractivity contribution in [2.75, 3.05) is 7.11 Å². The van der Waals surface area contributed by atoms with Crippen molar-refractivity contribution in [3.05, 3.63) is 30.3 Å². The molecular weight excluding hydrogens is 186 g/mol. The van der Waals surface area contributed by atoms with Gasteiger partial charge in [0.15, 0.2) is 0 Å². The Kier molecular flexibility index (Phi) is 3.75. The van der Waals surface area contributed by atoms with Crippen LogP contribution in [0.5, 0.6) is 0 Å². The molecule has 0 amide bonds. The molecule has 0 radical (unpaired) electrons. The lowest BCUT2D eigenvalue weighted by Gasteiger charge is -2.28. The molecule has 1 fully saturated rings. The van der Waals surface area contributed by atoms with Gasteiger partial charge in [0.05, 0.1) is 0 Å². The van der Waals surface area contributed by atoms with Crippen LogP contribution in [0.2, 0.25) is 0 Å². The third kappa shape index (κ3) is 2.80. The largest absolute Gasteiger partial charge is 0.375 e. The maximum Gasteiger partial charge on any atom is 0.129 e. The van der Waals surface area contributed by atoms with E-state index in [2.05, 4.69) is 35.6 Å². The molecule has 2 atom stereocenters. The fourth-order valence-corrected chi connectivity index (χ4v) is 2.42. The molecule has 82 valence electrons. The smallest absolute Gasteiger partial charge is 0.129 e. The zero-order valence-electron chi connectivity index (χ0n) is 9.36. The van der Waals surface area contributed by atoms with E-state index in [1.165, 1.54) is 31.4 Å². The summed E-state index contributed by atoms with van der Waals surface area (Å²) in [5.74, 6) is 0. The highest BCUT2D eigenvalue weighted by Gasteiger charge is 2.27. The van der Waals surface area contributed by atoms with E-state index in [1.54, 1.807) is 0 Å². The minimum atomic E-state index is 0.430. The lowest BCUT2D eigenvalue weighted by molar-refractivity contribution is -0.623. The first-order chi connectivity index (χ1) is 7.40. The van der Waals surface area contributed by atoms with E-state index in [0.29, 0.717) is 12.1 Å². The van der Waals surface area contributed by atoms with Crippen molar-refractivity contribution in [1.82, 2.24) is 0 Å². The van der Waals surface area contributed by atoms with E-state index in [0.717, 1.165) is 0 Å². The van der Waals surface area contributed by atoms with Gasteiger partial charge in [-0.25, -0.2) is 0 Å². The van der Waals surface area contributed by atoms with Crippen LogP contribution in [0.4, 0.5) is 5.69 Å². The SMILES string of the molecule is CO[C@@H]1CCCC[C@@H]1[NH2+]c1ccccc1. The van der Waals surface area contributed by atoms with Gasteiger partial charge in [0.2, 0.25) is 0 Å². The monoisotopic (exact) mass is 206 g/mol. The second-order valence-corrected chi connectivity index (χ2v) is 4.30. The predicted molar refractivity (Wildman–Crippen MR) is 61.1 cm³/mol. The minimum absolute atomic E-state index is 0.430. The van der Waals surface area contributed by atoms with Gasteiger partial charge >= 0.3 is 0 Å². The number of quaternary nitrogens is 1. The Morgan fingerprint density at radius 2 is 1.87 bits per heavy atom. The summed E-state index contributed by atoms with van der Waals surface area (Å²) >= 11 is 0. The van der Waals surface area contributed by atoms with Crippen molar-refractivity contribution in [3.8, 4) is 0 Å². The predicted octanol–water partition coefficient (Wildman–Crippen LogP) is 1.84. The summed E-state index contributed by atoms with van der Waals surface area (Å²) in [4.78, 5) is 0. The average molecular weight is 206 g/mol. The van der Waals surface area contributed by atoms with Gasteiger partial charge in [-0.2, -0.15) is 0 Å². The van der Waals surface area contributed by atoms with Gasteiger partial charge < -0.3 is 10.1 Å². The van der Waals surface area contributed by atoms with Crippen LogP contribution in [0.1, 0.15) is 25.7 Å². The summed E-state index contributed by atoms with van der Waals surface area (Å²) in [5.41, 5.74) is 1.33. The van der Waals surface area contributed by atoms with Gasteiger partial charge in [-0.1, -0.05) is 24.6 Å². The summed E-state index contributed by atoms with van der Waals surface area (Å²) in [6.45, 7) is 0. The van der Waals surface area contributed by atoms with Crippen molar-refractivity contribution < 1.29 is 10.1 Å². The Balaban J connectivity index is 1.97. The molecule has 0 bridgehead atoms. The first kappa shape index (κ1) is 10.7. The maximum absolute atomic E-state index is 5.54. The molecule has 1 aromatic rings. The van der Waals surface area contributed by atoms with Crippen molar-refractivity contribution in [1.29, 1.82) is 0 Å². The van der Waals surface area contributed by atoms with Crippen LogP contribution < -0.4 is 5.32 Å². The summed E-state index contributed by atoms with van der Waals surface area (Å²) < 4.78 is 5.54. The van der Waals surface area contributed by atoms with Crippen LogP contribution in [0.3, 0.4) is 0 Å². The Morgan fingerprint density at radius 3 is 2.60 bits per heavy atom. The van der Waals surface area contributed by atoms with E-state index < -0.39 is 0 Å². The van der Waals surface area contributed by atoms with Gasteiger partial charge in [0.1, 0.15) is 17.8 Å². The number of hydrogen-bond donors (Lipinski definition) is 1. The fraction of sp³-hybridized carbons (Fsp3) is 0.538. The second-order valence-electron chi connectivity index (χ2n) is 4.30. The first-order valence-electron chi connectivity index (χ1n) is 5.83. The van der Waals surface area contributed by atoms with Crippen LogP contribution >= 0.6 is 0 Å². The third-order valence-electron chi connectivity index (χ3n) is 3.26. The molecule has 0 spiro atoms. The molecule has 0 unspecified atom stereocenters. The van der Waals surface area contributed by atoms with Crippen molar-refractivity contribution >= 4 is 5.69 Å². The van der Waals surface area contributed by atoms with E-state index in [9.17, 15) is 0 Å². The van der Waals surface area contributed by atoms with Crippen molar-refractivity contribution in [2.24, 2.45) is 0 Å². The lowest BCUT2D eigenvalue weighted by atomic mass is 9.92. The van der Waals surface area contributed by atoms with Crippen LogP contribution in [0.25, 0.3) is 0 Å². The molecule has 1 aliphatic rings. The number of rotatable bonds is 3.